The number of anilines is 1. The van der Waals surface area contributed by atoms with Crippen LogP contribution in [-0.2, 0) is 5.75 Å². The fourth-order valence-corrected chi connectivity index (χ4v) is 4.17. The minimum atomic E-state index is -0.0930. The Balaban J connectivity index is 1.56. The average molecular weight is 396 g/mol. The Morgan fingerprint density at radius 3 is 2.10 bits per heavy atom. The number of para-hydroxylation sites is 1. The topological polar surface area (TPSA) is 29.1 Å². The zero-order valence-electron chi connectivity index (χ0n) is 15.9. The second-order valence-corrected chi connectivity index (χ2v) is 7.65. The van der Waals surface area contributed by atoms with Gasteiger partial charge < -0.3 is 5.32 Å². The number of benzene rings is 4. The quantitative estimate of drug-likeness (QED) is 0.360. The maximum Gasteiger partial charge on any atom is 0.256 e. The number of hydrogen-bond acceptors (Lipinski definition) is 2. The van der Waals surface area contributed by atoms with Crippen LogP contribution in [0, 0.1) is 0 Å². The molecule has 2 nitrogen and oxygen atoms in total. The van der Waals surface area contributed by atoms with E-state index >= 15 is 0 Å². The first kappa shape index (κ1) is 19.0. The molecule has 0 saturated heterocycles. The summed E-state index contributed by atoms with van der Waals surface area (Å²) in [5, 5.41) is 3.11. The van der Waals surface area contributed by atoms with Crippen molar-refractivity contribution in [3.63, 3.8) is 0 Å². The summed E-state index contributed by atoms with van der Waals surface area (Å²) in [4.78, 5) is 14.1. The Kier molecular flexibility index (Phi) is 6.08. The standard InChI is InChI=1S/C26H21NOS/c28-26(27-24-17-9-7-15-22(24)21-13-5-2-6-14-21)23-16-8-10-18-25(23)29-19-20-11-3-1-4-12-20/h1-18H,19H2,(H,27,28). The molecule has 0 radical (unpaired) electrons. The molecule has 3 heteroatoms. The fraction of sp³-hybridized carbons (Fsp3) is 0.0385. The van der Waals surface area contributed by atoms with E-state index < -0.39 is 0 Å². The van der Waals surface area contributed by atoms with Crippen molar-refractivity contribution in [2.24, 2.45) is 0 Å². The Morgan fingerprint density at radius 2 is 1.31 bits per heavy atom. The van der Waals surface area contributed by atoms with E-state index in [9.17, 15) is 4.79 Å². The minimum absolute atomic E-state index is 0.0930. The minimum Gasteiger partial charge on any atom is -0.321 e. The van der Waals surface area contributed by atoms with Gasteiger partial charge in [0, 0.05) is 21.9 Å². The molecule has 1 amide bonds. The van der Waals surface area contributed by atoms with Crippen molar-refractivity contribution in [1.82, 2.24) is 0 Å². The van der Waals surface area contributed by atoms with Crippen molar-refractivity contribution < 1.29 is 4.79 Å². The van der Waals surface area contributed by atoms with E-state index in [4.69, 9.17) is 0 Å². The maximum absolute atomic E-state index is 13.1. The Labute approximate surface area is 175 Å². The van der Waals surface area contributed by atoms with Crippen molar-refractivity contribution in [1.29, 1.82) is 0 Å². The van der Waals surface area contributed by atoms with Gasteiger partial charge in [-0.25, -0.2) is 0 Å². The number of carbonyl (C=O) groups excluding carboxylic acids is 1. The van der Waals surface area contributed by atoms with E-state index in [0.717, 1.165) is 27.5 Å². The van der Waals surface area contributed by atoms with E-state index in [0.29, 0.717) is 5.56 Å². The van der Waals surface area contributed by atoms with Crippen LogP contribution in [0.25, 0.3) is 11.1 Å². The summed E-state index contributed by atoms with van der Waals surface area (Å²) in [6.45, 7) is 0. The third-order valence-corrected chi connectivity index (χ3v) is 5.77. The fourth-order valence-electron chi connectivity index (χ4n) is 3.17. The molecular weight excluding hydrogens is 374 g/mol. The van der Waals surface area contributed by atoms with Gasteiger partial charge in [0.05, 0.1) is 5.56 Å². The van der Waals surface area contributed by atoms with E-state index in [1.54, 1.807) is 11.8 Å². The third kappa shape index (κ3) is 4.76. The first-order chi connectivity index (χ1) is 14.3. The van der Waals surface area contributed by atoms with Crippen molar-refractivity contribution in [2.45, 2.75) is 10.6 Å². The van der Waals surface area contributed by atoms with Crippen molar-refractivity contribution >= 4 is 23.4 Å². The molecule has 0 bridgehead atoms. The molecule has 142 valence electrons. The van der Waals surface area contributed by atoms with Gasteiger partial charge in [0.1, 0.15) is 0 Å². The molecule has 29 heavy (non-hydrogen) atoms. The lowest BCUT2D eigenvalue weighted by Gasteiger charge is -2.13. The SMILES string of the molecule is O=C(Nc1ccccc1-c1ccccc1)c1ccccc1SCc1ccccc1. The highest BCUT2D eigenvalue weighted by Crippen LogP contribution is 2.30. The van der Waals surface area contributed by atoms with Gasteiger partial charge in [-0.15, -0.1) is 11.8 Å². The van der Waals surface area contributed by atoms with Gasteiger partial charge in [-0.3, -0.25) is 4.79 Å². The maximum atomic E-state index is 13.1. The van der Waals surface area contributed by atoms with Crippen LogP contribution in [0.1, 0.15) is 15.9 Å². The van der Waals surface area contributed by atoms with Gasteiger partial charge in [0.25, 0.3) is 5.91 Å². The zero-order chi connectivity index (χ0) is 19.9. The molecule has 0 saturated carbocycles. The summed E-state index contributed by atoms with van der Waals surface area (Å²) < 4.78 is 0. The summed E-state index contributed by atoms with van der Waals surface area (Å²) in [6.07, 6.45) is 0. The Morgan fingerprint density at radius 1 is 0.690 bits per heavy atom. The monoisotopic (exact) mass is 395 g/mol. The highest BCUT2D eigenvalue weighted by molar-refractivity contribution is 7.98. The predicted molar refractivity (Wildman–Crippen MR) is 122 cm³/mol. The first-order valence-electron chi connectivity index (χ1n) is 9.53. The molecule has 0 aliphatic heterocycles. The smallest absolute Gasteiger partial charge is 0.256 e. The number of amides is 1. The van der Waals surface area contributed by atoms with Crippen molar-refractivity contribution in [3.05, 3.63) is 120 Å². The molecule has 4 rings (SSSR count). The van der Waals surface area contributed by atoms with Gasteiger partial charge in [0.15, 0.2) is 0 Å². The van der Waals surface area contributed by atoms with Gasteiger partial charge in [0.2, 0.25) is 0 Å². The molecule has 0 aliphatic carbocycles. The largest absolute Gasteiger partial charge is 0.321 e. The number of rotatable bonds is 6. The van der Waals surface area contributed by atoms with Crippen LogP contribution < -0.4 is 5.32 Å². The average Bonchev–Trinajstić information content (AvgIpc) is 2.79. The van der Waals surface area contributed by atoms with E-state index in [1.165, 1.54) is 5.56 Å². The molecule has 4 aromatic rings. The molecule has 0 unspecified atom stereocenters. The second kappa shape index (κ2) is 9.26. The van der Waals surface area contributed by atoms with Crippen LogP contribution in [-0.4, -0.2) is 5.91 Å². The highest BCUT2D eigenvalue weighted by Gasteiger charge is 2.14. The summed E-state index contributed by atoms with van der Waals surface area (Å²) in [7, 11) is 0. The lowest BCUT2D eigenvalue weighted by molar-refractivity contribution is 0.102. The van der Waals surface area contributed by atoms with Crippen LogP contribution in [0.15, 0.2) is 114 Å². The van der Waals surface area contributed by atoms with Crippen LogP contribution in [0.2, 0.25) is 0 Å². The first-order valence-corrected chi connectivity index (χ1v) is 10.5. The number of carbonyl (C=O) groups is 1. The summed E-state index contributed by atoms with van der Waals surface area (Å²) >= 11 is 1.68. The predicted octanol–water partition coefficient (Wildman–Crippen LogP) is 6.90. The van der Waals surface area contributed by atoms with Crippen LogP contribution in [0.5, 0.6) is 0 Å². The molecule has 0 spiro atoms. The summed E-state index contributed by atoms with van der Waals surface area (Å²) in [5.41, 5.74) is 4.83. The normalized spacial score (nSPS) is 10.5. The molecule has 4 aromatic carbocycles. The molecular formula is C26H21NOS. The van der Waals surface area contributed by atoms with Gasteiger partial charge in [-0.1, -0.05) is 91.0 Å². The van der Waals surface area contributed by atoms with E-state index in [1.807, 2.05) is 84.9 Å². The van der Waals surface area contributed by atoms with Gasteiger partial charge in [-0.2, -0.15) is 0 Å². The van der Waals surface area contributed by atoms with Gasteiger partial charge in [-0.05, 0) is 29.3 Å². The molecule has 0 heterocycles. The molecule has 0 aliphatic rings. The van der Waals surface area contributed by atoms with Gasteiger partial charge >= 0.3 is 0 Å². The van der Waals surface area contributed by atoms with Crippen LogP contribution in [0.4, 0.5) is 5.69 Å². The molecule has 0 fully saturated rings. The van der Waals surface area contributed by atoms with Crippen molar-refractivity contribution in [3.8, 4) is 11.1 Å². The third-order valence-electron chi connectivity index (χ3n) is 4.63. The van der Waals surface area contributed by atoms with E-state index in [2.05, 4.69) is 29.6 Å². The molecule has 0 aromatic heterocycles. The van der Waals surface area contributed by atoms with Crippen LogP contribution in [0.3, 0.4) is 0 Å². The summed E-state index contributed by atoms with van der Waals surface area (Å²) in [6, 6.07) is 36.1. The number of hydrogen-bond donors (Lipinski definition) is 1. The zero-order valence-corrected chi connectivity index (χ0v) is 16.7. The number of thioether (sulfide) groups is 1. The van der Waals surface area contributed by atoms with E-state index in [-0.39, 0.29) is 5.91 Å². The molecule has 0 atom stereocenters. The summed E-state index contributed by atoms with van der Waals surface area (Å²) in [5.74, 6) is 0.732. The lowest BCUT2D eigenvalue weighted by Crippen LogP contribution is -2.13. The Bertz CT molecular complexity index is 1090. The Hall–Kier alpha value is -3.30. The van der Waals surface area contributed by atoms with Crippen molar-refractivity contribution in [2.75, 3.05) is 5.32 Å². The lowest BCUT2D eigenvalue weighted by atomic mass is 10.0. The second-order valence-electron chi connectivity index (χ2n) is 6.64. The number of nitrogens with one attached hydrogen (secondary N) is 1. The highest BCUT2D eigenvalue weighted by atomic mass is 32.2. The van der Waals surface area contributed by atoms with Crippen LogP contribution >= 0.6 is 11.8 Å². The molecule has 1 N–H and O–H groups in total.